The van der Waals surface area contributed by atoms with Gasteiger partial charge in [0.05, 0.1) is 86.6 Å². The molecule has 11 heterocycles. The fraction of sp³-hybridized carbons (Fsp3) is 0.685. The molecule has 2 spiro atoms. The highest BCUT2D eigenvalue weighted by Crippen LogP contribution is 2.54. The number of carbonyl (C=O) groups is 5. The average molecular weight is 1980 g/mol. The summed E-state index contributed by atoms with van der Waals surface area (Å²) in [5, 5.41) is 102. The summed E-state index contributed by atoms with van der Waals surface area (Å²) in [5.74, 6) is -9.20. The van der Waals surface area contributed by atoms with Gasteiger partial charge < -0.3 is 185 Å². The number of aliphatic hydroxyl groups excluding tert-OH is 5. The summed E-state index contributed by atoms with van der Waals surface area (Å²) in [6.07, 6.45) is -40.1. The second-order valence-electron chi connectivity index (χ2n) is 36.5. The number of aryl methyl sites for hydroxylation is 1. The third-order valence-corrected chi connectivity index (χ3v) is 27.9. The maximum Gasteiger partial charge on any atom is 0.408 e. The highest BCUT2D eigenvalue weighted by molar-refractivity contribution is 6.39. The van der Waals surface area contributed by atoms with Crippen LogP contribution in [0.3, 0.4) is 0 Å². The van der Waals surface area contributed by atoms with Crippen molar-refractivity contribution < 1.29 is 193 Å². The number of benzene rings is 4. The fourth-order valence-corrected chi connectivity index (χ4v) is 20.9. The van der Waals surface area contributed by atoms with Gasteiger partial charge in [-0.05, 0) is 110 Å². The normalized spacial score (nSPS) is 39.2. The summed E-state index contributed by atoms with van der Waals surface area (Å²) in [7, 11) is 6.66. The molecule has 0 radical (unpaired) electrons. The van der Waals surface area contributed by atoms with Crippen LogP contribution in [0.15, 0.2) is 72.8 Å². The van der Waals surface area contributed by atoms with Crippen molar-refractivity contribution >= 4 is 53.2 Å². The zero-order chi connectivity index (χ0) is 98.2. The lowest BCUT2D eigenvalue weighted by atomic mass is 9.81. The van der Waals surface area contributed by atoms with Crippen LogP contribution in [0.1, 0.15) is 130 Å². The first kappa shape index (κ1) is 104. The van der Waals surface area contributed by atoms with Crippen LogP contribution in [0.2, 0.25) is 10.0 Å². The number of phenolic OH excluding ortho intramolecular Hbond substituents is 3. The van der Waals surface area contributed by atoms with Gasteiger partial charge in [-0.3, -0.25) is 4.79 Å². The Morgan fingerprint density at radius 3 is 1.93 bits per heavy atom. The Hall–Kier alpha value is -7.47. The fourth-order valence-electron chi connectivity index (χ4n) is 20.4. The number of halogens is 2. The van der Waals surface area contributed by atoms with Crippen LogP contribution in [-0.2, 0) is 141 Å². The number of carbonyl (C=O) groups excluding carboxylic acids is 5. The summed E-state index contributed by atoms with van der Waals surface area (Å²) < 4.78 is 168. The van der Waals surface area contributed by atoms with Gasteiger partial charge in [-0.25, -0.2) is 19.2 Å². The van der Waals surface area contributed by atoms with Gasteiger partial charge in [0.1, 0.15) is 151 Å². The van der Waals surface area contributed by atoms with E-state index in [0.717, 1.165) is 11.6 Å². The standard InChI is InChI=1S/C92H123Cl2N3O40/c1-40-29-49(98)30-51(99)59(40)81(107)127-56-38-121-92(79-72(56)119-39-120-79)134-57-37-116-83(66(103)71(57)135-92)132-85-75(114-13)65(102)70(55(128-85)36-111-10)130-84-67(104)74(69(112-11)44(5)124-84)131-86-76(105)90(9)78(46(7)125-86)136-91(137-90)32-52(100)61(42(3)133-91)53-31-54(68(43(4)122-53)129-82(108)60-41(2)62(93)64(101)63(94)73(60)113-12)126-58-33-89(8,77(115-14)45(6)123-58)97-80(106)50(96-88(110)118-35-48-25-19-16-20-26-48)27-21-22-28-95-87(109)117-34-47-23-17-15-18-24-47/h15-20,23-26,29-30,42-46,50,52-58,61,65-72,74-79,83-86,98-105H,21-22,27-28,31-39H2,1-14H3,(H,95,109)(H,96,110)(H,97,106). The van der Waals surface area contributed by atoms with Gasteiger partial charge in [0.2, 0.25) is 5.91 Å². The molecule has 11 fully saturated rings. The molecule has 11 N–H and O–H groups in total. The predicted octanol–water partition coefficient (Wildman–Crippen LogP) is 4.77. The van der Waals surface area contributed by atoms with Crippen LogP contribution < -0.4 is 20.7 Å². The van der Waals surface area contributed by atoms with Crippen LogP contribution in [0.5, 0.6) is 23.0 Å². The van der Waals surface area contributed by atoms with E-state index in [-0.39, 0.29) is 109 Å². The quantitative estimate of drug-likeness (QED) is 0.0184. The molecule has 4 aromatic rings. The lowest BCUT2D eigenvalue weighted by Crippen LogP contribution is -2.68. The summed E-state index contributed by atoms with van der Waals surface area (Å²) in [6, 6.07) is 19.2. The molecule has 11 aliphatic rings. The molecule has 0 aromatic heterocycles. The van der Waals surface area contributed by atoms with Crippen LogP contribution in [0, 0.1) is 19.8 Å². The monoisotopic (exact) mass is 1980 g/mol. The SMILES string of the molecule is COCC1OC(OC2OCC3OC4(OCC(OC(=O)c5c(C)cc(O)cc5O)C5OCOC54)OC3C2O)C(OC)C(O)C1OC1OC(C)C(OC)C(OC2OC(C)C3OC4(CC(O)C(C5CC(OC6CC(C)(NC(=O)C(CCCCNC(=O)OCc7ccccc7)NC(=O)OCc7ccccc7)C(OC)C(C)O6)C(OC(=O)c6c(C)c(Cl)c(O)c(Cl)c6OC)C(C)O5)C(C)O4)OC3(C)C2O)C1O. The van der Waals surface area contributed by atoms with Gasteiger partial charge in [0, 0.05) is 59.8 Å². The van der Waals surface area contributed by atoms with E-state index in [1.807, 2.05) is 36.4 Å². The van der Waals surface area contributed by atoms with E-state index in [9.17, 15) is 64.8 Å². The van der Waals surface area contributed by atoms with Crippen LogP contribution in [-0.4, -0.2) is 353 Å². The molecule has 3 amide bonds. The molecule has 4 aromatic carbocycles. The minimum atomic E-state index is -2.10. The number of aliphatic hydroxyl groups is 5. The minimum absolute atomic E-state index is 0.0571. The number of rotatable bonds is 31. The summed E-state index contributed by atoms with van der Waals surface area (Å²) in [6.45, 7) is 13.4. The smallest absolute Gasteiger partial charge is 0.408 e. The maximum atomic E-state index is 15.0. The number of unbranched alkanes of at least 4 members (excludes halogenated alkanes) is 1. The molecule has 11 saturated heterocycles. The molecule has 36 unspecified atom stereocenters. The predicted molar refractivity (Wildman–Crippen MR) is 465 cm³/mol. The van der Waals surface area contributed by atoms with Gasteiger partial charge in [-0.2, -0.15) is 0 Å². The van der Waals surface area contributed by atoms with Crippen molar-refractivity contribution in [2.24, 2.45) is 5.92 Å². The van der Waals surface area contributed by atoms with Crippen molar-refractivity contribution in [1.29, 1.82) is 0 Å². The Kier molecular flexibility index (Phi) is 33.2. The maximum absolute atomic E-state index is 15.0. The van der Waals surface area contributed by atoms with E-state index >= 15 is 0 Å². The van der Waals surface area contributed by atoms with E-state index in [1.165, 1.54) is 55.5 Å². The number of hydrogen-bond donors (Lipinski definition) is 11. The molecule has 43 nitrogen and oxygen atoms in total. The molecule has 15 rings (SSSR count). The zero-order valence-corrected chi connectivity index (χ0v) is 79.5. The molecule has 137 heavy (non-hydrogen) atoms. The van der Waals surface area contributed by atoms with Gasteiger partial charge in [0.15, 0.2) is 61.3 Å². The van der Waals surface area contributed by atoms with Gasteiger partial charge in [-0.1, -0.05) is 83.9 Å². The Morgan fingerprint density at radius 2 is 1.26 bits per heavy atom. The number of esters is 2. The second-order valence-corrected chi connectivity index (χ2v) is 37.2. The number of phenols is 3. The van der Waals surface area contributed by atoms with Gasteiger partial charge >= 0.3 is 30.1 Å². The second kappa shape index (κ2) is 43.8. The number of aromatic hydroxyl groups is 3. The topological polar surface area (TPSA) is 532 Å². The Morgan fingerprint density at radius 1 is 0.584 bits per heavy atom. The molecular formula is C92H123Cl2N3O40. The number of amides is 3. The highest BCUT2D eigenvalue weighted by Gasteiger charge is 2.71. The van der Waals surface area contributed by atoms with Gasteiger partial charge in [-0.15, -0.1) is 0 Å². The lowest BCUT2D eigenvalue weighted by molar-refractivity contribution is -0.407. The summed E-state index contributed by atoms with van der Waals surface area (Å²) >= 11 is 13.1. The van der Waals surface area contributed by atoms with E-state index in [2.05, 4.69) is 16.0 Å². The largest absolute Gasteiger partial charge is 0.508 e. The van der Waals surface area contributed by atoms with E-state index < -0.39 is 267 Å². The number of methoxy groups -OCH3 is 5. The number of nitrogens with one attached hydrogen (secondary N) is 3. The van der Waals surface area contributed by atoms with E-state index in [4.69, 9.17) is 151 Å². The molecule has 11 aliphatic heterocycles. The highest BCUT2D eigenvalue weighted by atomic mass is 35.5. The first-order valence-corrected chi connectivity index (χ1v) is 46.3. The van der Waals surface area contributed by atoms with Crippen molar-refractivity contribution in [3.63, 3.8) is 0 Å². The molecule has 36 atom stereocenters. The van der Waals surface area contributed by atoms with Crippen LogP contribution in [0.25, 0.3) is 0 Å². The van der Waals surface area contributed by atoms with E-state index in [0.29, 0.717) is 18.4 Å². The Bertz CT molecular complexity index is 4780. The first-order chi connectivity index (χ1) is 65.4. The van der Waals surface area contributed by atoms with Crippen molar-refractivity contribution in [3.8, 4) is 23.0 Å². The molecule has 760 valence electrons. The molecular weight excluding hydrogens is 1860 g/mol. The molecule has 0 saturated carbocycles. The molecule has 0 bridgehead atoms. The number of ether oxygens (including phenoxy) is 27. The van der Waals surface area contributed by atoms with Crippen LogP contribution >= 0.6 is 23.2 Å². The van der Waals surface area contributed by atoms with Crippen LogP contribution in [0.4, 0.5) is 9.59 Å². The number of fused-ring (bicyclic) bond motifs is 4. The summed E-state index contributed by atoms with van der Waals surface area (Å²) in [4.78, 5) is 69.6. The number of hydrogen-bond acceptors (Lipinski definition) is 40. The summed E-state index contributed by atoms with van der Waals surface area (Å²) in [5.41, 5.74) is -1.76. The van der Waals surface area contributed by atoms with Crippen molar-refractivity contribution in [1.82, 2.24) is 16.0 Å². The molecule has 0 aliphatic carbocycles. The molecule has 45 heteroatoms. The van der Waals surface area contributed by atoms with E-state index in [1.54, 1.807) is 72.7 Å². The lowest BCUT2D eigenvalue weighted by Gasteiger charge is -2.51. The minimum Gasteiger partial charge on any atom is -0.508 e. The van der Waals surface area contributed by atoms with Crippen molar-refractivity contribution in [2.75, 3.05) is 68.7 Å². The van der Waals surface area contributed by atoms with Crippen molar-refractivity contribution in [3.05, 3.63) is 116 Å². The van der Waals surface area contributed by atoms with Crippen molar-refractivity contribution in [2.45, 2.75) is 327 Å². The number of alkyl carbamates (subject to hydrolysis) is 2. The first-order valence-electron chi connectivity index (χ1n) is 45.6. The Labute approximate surface area is 799 Å². The Balaban J connectivity index is 0.600. The zero-order valence-electron chi connectivity index (χ0n) is 78.0. The third-order valence-electron chi connectivity index (χ3n) is 27.1. The van der Waals surface area contributed by atoms with Gasteiger partial charge in [0.25, 0.3) is 5.97 Å². The third kappa shape index (κ3) is 21.8. The average Bonchev–Trinajstić information content (AvgIpc) is 1.56.